The molecule has 6 nitrogen and oxygen atoms in total. The Kier molecular flexibility index (Phi) is 4.14. The van der Waals surface area contributed by atoms with E-state index >= 15 is 0 Å². The number of fused-ring (bicyclic) bond motifs is 1. The van der Waals surface area contributed by atoms with Crippen LogP contribution in [0.4, 0.5) is 13.2 Å². The third-order valence-corrected chi connectivity index (χ3v) is 7.69. The molecule has 3 aliphatic rings. The Bertz CT molecular complexity index is 750. The molecule has 0 saturated carbocycles. The fourth-order valence-electron chi connectivity index (χ4n) is 3.78. The van der Waals surface area contributed by atoms with Crippen LogP contribution in [-0.2, 0) is 14.6 Å². The van der Waals surface area contributed by atoms with Crippen molar-refractivity contribution in [3.8, 4) is 12.3 Å². The molecule has 138 valence electrons. The topological polar surface area (TPSA) is 79.2 Å². The van der Waals surface area contributed by atoms with Gasteiger partial charge in [0.15, 0.2) is 15.5 Å². The number of alkyl halides is 3. The quantitative estimate of drug-likeness (QED) is 0.687. The van der Waals surface area contributed by atoms with Gasteiger partial charge in [0, 0.05) is 38.8 Å². The molecule has 25 heavy (non-hydrogen) atoms. The average molecular weight is 377 g/mol. The maximum absolute atomic E-state index is 13.6. The molecule has 1 amide bonds. The zero-order chi connectivity index (χ0) is 18.5. The van der Waals surface area contributed by atoms with Crippen molar-refractivity contribution < 1.29 is 26.4 Å². The highest BCUT2D eigenvalue weighted by molar-refractivity contribution is 7.92. The number of carbonyl (C=O) groups is 1. The van der Waals surface area contributed by atoms with Gasteiger partial charge in [0.05, 0.1) is 11.0 Å². The van der Waals surface area contributed by atoms with E-state index in [0.29, 0.717) is 12.8 Å². The smallest absolute Gasteiger partial charge is 0.340 e. The highest BCUT2D eigenvalue weighted by Gasteiger charge is 2.70. The van der Waals surface area contributed by atoms with E-state index in [1.165, 1.54) is 0 Å². The number of hydrogen-bond acceptors (Lipinski definition) is 5. The minimum atomic E-state index is -4.66. The first-order chi connectivity index (χ1) is 11.6. The van der Waals surface area contributed by atoms with Crippen molar-refractivity contribution in [3.63, 3.8) is 0 Å². The van der Waals surface area contributed by atoms with Crippen molar-refractivity contribution in [2.24, 2.45) is 15.6 Å². The first-order valence-electron chi connectivity index (χ1n) is 7.99. The summed E-state index contributed by atoms with van der Waals surface area (Å²) < 4.78 is 64.7. The number of sulfone groups is 1. The number of hydrogen-bond donors (Lipinski definition) is 0. The minimum Gasteiger partial charge on any atom is -0.340 e. The molecule has 3 rings (SSSR count). The molecule has 0 radical (unpaired) electrons. The second-order valence-electron chi connectivity index (χ2n) is 6.92. The molecule has 3 heterocycles. The number of amides is 1. The first-order valence-corrected chi connectivity index (χ1v) is 9.70. The summed E-state index contributed by atoms with van der Waals surface area (Å²) in [6, 6.07) is 0. The largest absolute Gasteiger partial charge is 0.397 e. The van der Waals surface area contributed by atoms with E-state index in [-0.39, 0.29) is 12.8 Å². The second-order valence-corrected chi connectivity index (χ2v) is 9.22. The van der Waals surface area contributed by atoms with E-state index in [4.69, 9.17) is 6.42 Å². The standard InChI is InChI=1S/C15H18F3N3O3S/c1-2-3-5-14(19-20-14)6-4-12(22)21-9-11-13(10-21,15(16,17)18)7-8-25(11,23)24/h1,11H,3-10H2/t11-,13-/m0/s1. The second kappa shape index (κ2) is 5.69. The van der Waals surface area contributed by atoms with Gasteiger partial charge in [-0.15, -0.1) is 12.3 Å². The van der Waals surface area contributed by atoms with Gasteiger partial charge in [0.1, 0.15) is 5.41 Å². The van der Waals surface area contributed by atoms with Crippen molar-refractivity contribution in [1.29, 1.82) is 0 Å². The molecule has 2 saturated heterocycles. The van der Waals surface area contributed by atoms with Crippen molar-refractivity contribution >= 4 is 15.7 Å². The lowest BCUT2D eigenvalue weighted by Crippen LogP contribution is -2.45. The highest BCUT2D eigenvalue weighted by Crippen LogP contribution is 2.54. The van der Waals surface area contributed by atoms with Crippen LogP contribution >= 0.6 is 0 Å². The van der Waals surface area contributed by atoms with Crippen LogP contribution in [-0.4, -0.2) is 55.2 Å². The Labute approximate surface area is 143 Å². The van der Waals surface area contributed by atoms with E-state index in [1.807, 2.05) is 0 Å². The predicted molar refractivity (Wildman–Crippen MR) is 82.1 cm³/mol. The number of carbonyl (C=O) groups excluding carboxylic acids is 1. The molecule has 2 atom stereocenters. The van der Waals surface area contributed by atoms with Crippen LogP contribution in [0.1, 0.15) is 32.1 Å². The van der Waals surface area contributed by atoms with Gasteiger partial charge in [-0.25, -0.2) is 8.42 Å². The predicted octanol–water partition coefficient (Wildman–Crippen LogP) is 1.92. The normalized spacial score (nSPS) is 31.6. The van der Waals surface area contributed by atoms with Crippen LogP contribution in [0.15, 0.2) is 10.2 Å². The maximum Gasteiger partial charge on any atom is 0.397 e. The third-order valence-electron chi connectivity index (χ3n) is 5.45. The van der Waals surface area contributed by atoms with E-state index in [0.717, 1.165) is 4.90 Å². The van der Waals surface area contributed by atoms with Gasteiger partial charge >= 0.3 is 6.18 Å². The van der Waals surface area contributed by atoms with Crippen LogP contribution in [0.3, 0.4) is 0 Å². The monoisotopic (exact) mass is 377 g/mol. The molecule has 3 aliphatic heterocycles. The summed E-state index contributed by atoms with van der Waals surface area (Å²) >= 11 is 0. The summed E-state index contributed by atoms with van der Waals surface area (Å²) in [5, 5.41) is 6.21. The molecule has 0 spiro atoms. The van der Waals surface area contributed by atoms with Gasteiger partial charge in [-0.3, -0.25) is 4.79 Å². The summed E-state index contributed by atoms with van der Waals surface area (Å²) in [4.78, 5) is 13.4. The molecule has 0 aromatic carbocycles. The van der Waals surface area contributed by atoms with E-state index in [2.05, 4.69) is 16.1 Å². The number of likely N-dealkylation sites (tertiary alicyclic amines) is 1. The fraction of sp³-hybridized carbons (Fsp3) is 0.800. The Morgan fingerprint density at radius 1 is 1.32 bits per heavy atom. The zero-order valence-corrected chi connectivity index (χ0v) is 14.2. The molecule has 0 bridgehead atoms. The van der Waals surface area contributed by atoms with Crippen LogP contribution in [0.5, 0.6) is 0 Å². The Morgan fingerprint density at radius 3 is 2.52 bits per heavy atom. The van der Waals surface area contributed by atoms with Gasteiger partial charge in [-0.2, -0.15) is 23.4 Å². The van der Waals surface area contributed by atoms with Gasteiger partial charge in [-0.1, -0.05) is 0 Å². The summed E-state index contributed by atoms with van der Waals surface area (Å²) in [7, 11) is -3.85. The Hall–Kier alpha value is -1.63. The molecule has 0 unspecified atom stereocenters. The van der Waals surface area contributed by atoms with Crippen LogP contribution in [0.25, 0.3) is 0 Å². The zero-order valence-electron chi connectivity index (χ0n) is 13.4. The van der Waals surface area contributed by atoms with Crippen LogP contribution in [0, 0.1) is 17.8 Å². The lowest BCUT2D eigenvalue weighted by atomic mass is 9.83. The highest BCUT2D eigenvalue weighted by atomic mass is 32.2. The van der Waals surface area contributed by atoms with E-state index in [9.17, 15) is 26.4 Å². The van der Waals surface area contributed by atoms with Crippen molar-refractivity contribution in [2.75, 3.05) is 18.8 Å². The number of terminal acetylenes is 1. The Morgan fingerprint density at radius 2 is 2.00 bits per heavy atom. The van der Waals surface area contributed by atoms with Crippen molar-refractivity contribution in [1.82, 2.24) is 4.90 Å². The molecule has 0 N–H and O–H groups in total. The molecular formula is C15H18F3N3O3S. The van der Waals surface area contributed by atoms with Crippen molar-refractivity contribution in [2.45, 2.75) is 49.2 Å². The third kappa shape index (κ3) is 3.03. The summed E-state index contributed by atoms with van der Waals surface area (Å²) in [6.07, 6.45) is 1.23. The number of nitrogens with zero attached hydrogens (tertiary/aromatic N) is 3. The molecule has 2 fully saturated rings. The van der Waals surface area contributed by atoms with Gasteiger partial charge in [-0.05, 0) is 6.42 Å². The lowest BCUT2D eigenvalue weighted by molar-refractivity contribution is -0.216. The van der Waals surface area contributed by atoms with Crippen molar-refractivity contribution in [3.05, 3.63) is 0 Å². The average Bonchev–Trinajstić information content (AvgIpc) is 3.08. The first kappa shape index (κ1) is 18.2. The molecule has 0 aromatic heterocycles. The summed E-state index contributed by atoms with van der Waals surface area (Å²) in [6.45, 7) is -0.989. The van der Waals surface area contributed by atoms with Gasteiger partial charge < -0.3 is 4.90 Å². The number of halogens is 3. The molecule has 0 aliphatic carbocycles. The summed E-state index contributed by atoms with van der Waals surface area (Å²) in [5.74, 6) is 1.48. The molecule has 0 aromatic rings. The SMILES string of the molecule is C#CCCC1(CCC(=O)N2C[C@H]3[C@](C(F)(F)F)(CCS3(=O)=O)C2)N=N1. The van der Waals surface area contributed by atoms with Crippen LogP contribution in [0.2, 0.25) is 0 Å². The fourth-order valence-corrected chi connectivity index (χ4v) is 6.14. The van der Waals surface area contributed by atoms with Crippen LogP contribution < -0.4 is 0 Å². The van der Waals surface area contributed by atoms with Gasteiger partial charge in [0.2, 0.25) is 5.91 Å². The number of rotatable bonds is 5. The van der Waals surface area contributed by atoms with Gasteiger partial charge in [0.25, 0.3) is 0 Å². The summed E-state index contributed by atoms with van der Waals surface area (Å²) in [5.41, 5.74) is -3.03. The Balaban J connectivity index is 1.67. The minimum absolute atomic E-state index is 0.0295. The molecule has 10 heteroatoms. The van der Waals surface area contributed by atoms with E-state index in [1.54, 1.807) is 0 Å². The van der Waals surface area contributed by atoms with E-state index < -0.39 is 63.5 Å². The lowest BCUT2D eigenvalue weighted by Gasteiger charge is -2.30. The molecular weight excluding hydrogens is 359 g/mol. The maximum atomic E-state index is 13.6.